The van der Waals surface area contributed by atoms with E-state index in [1.165, 1.54) is 0 Å². The standard InChI is InChI=1S/3C32H18N8.3HI/c3*1-2-10-18-17(9-1)25-33-26(18)38-28-21-13-5-6-14-22(21)30(35-28)40-32-24-16-8-7-15-23(24)31(36-32)39-29-20-12-4-3-11-19(20)27(34-29)37-25;;;/h3*1-16H,(H2,33,34,35,36,37,38,39,40);3*1H. The molecule has 9 aromatic heterocycles. The molecule has 21 aromatic rings. The summed E-state index contributed by atoms with van der Waals surface area (Å²) < 4.78 is 0. The molecule has 24 bridgehead atoms. The van der Waals surface area contributed by atoms with Gasteiger partial charge in [0.15, 0.2) is 69.9 Å². The van der Waals surface area contributed by atoms with Crippen molar-refractivity contribution in [3.05, 3.63) is 291 Å². The van der Waals surface area contributed by atoms with E-state index in [0.29, 0.717) is 138 Å². The molecular weight excluding hydrogens is 1870 g/mol. The predicted octanol–water partition coefficient (Wildman–Crippen LogP) is 22.5. The second-order valence-electron chi connectivity index (χ2n) is 29.4. The first kappa shape index (κ1) is 74.2. The number of hydrogen-bond acceptors (Lipinski definition) is 18. The van der Waals surface area contributed by atoms with Gasteiger partial charge in [-0.15, -0.1) is 71.9 Å². The number of aromatic amines is 6. The van der Waals surface area contributed by atoms with Gasteiger partial charge in [-0.1, -0.05) is 291 Å². The number of halogens is 3. The summed E-state index contributed by atoms with van der Waals surface area (Å²) in [6.07, 6.45) is 0. The first-order chi connectivity index (χ1) is 59.4. The summed E-state index contributed by atoms with van der Waals surface area (Å²) in [6.45, 7) is 0. The second kappa shape index (κ2) is 29.7. The molecule has 0 spiro atoms. The van der Waals surface area contributed by atoms with Crippen LogP contribution in [0.2, 0.25) is 0 Å². The Labute approximate surface area is 745 Å². The van der Waals surface area contributed by atoms with Crippen LogP contribution in [0.3, 0.4) is 0 Å². The van der Waals surface area contributed by atoms with Gasteiger partial charge in [-0.3, -0.25) is 0 Å². The zero-order chi connectivity index (χ0) is 78.6. The maximum absolute atomic E-state index is 5.02. The molecule has 123 heavy (non-hydrogen) atoms. The molecule has 0 fully saturated rings. The highest BCUT2D eigenvalue weighted by atomic mass is 127. The summed E-state index contributed by atoms with van der Waals surface area (Å²) in [4.78, 5) is 110. The second-order valence-corrected chi connectivity index (χ2v) is 29.4. The van der Waals surface area contributed by atoms with Crippen molar-refractivity contribution in [3.8, 4) is 137 Å². The number of hydrogen-bond donors (Lipinski definition) is 6. The largest absolute Gasteiger partial charge is 0.324 e. The van der Waals surface area contributed by atoms with Crippen LogP contribution in [0.25, 0.3) is 269 Å². The molecule has 0 saturated heterocycles. The Kier molecular flexibility index (Phi) is 17.9. The summed E-state index contributed by atoms with van der Waals surface area (Å²) in [7, 11) is 0. The lowest BCUT2D eigenvalue weighted by molar-refractivity contribution is 1.19. The molecule has 0 aliphatic carbocycles. The number of nitrogens with one attached hydrogen (secondary N) is 6. The Hall–Kier alpha value is -15.1. The molecule has 0 atom stereocenters. The van der Waals surface area contributed by atoms with E-state index in [0.717, 1.165) is 131 Å². The van der Waals surface area contributed by atoms with Crippen LogP contribution in [0, 0.1) is 0 Å². The van der Waals surface area contributed by atoms with Crippen LogP contribution in [0.1, 0.15) is 0 Å². The minimum Gasteiger partial charge on any atom is -0.324 e. The topological polar surface area (TPSA) is 327 Å². The van der Waals surface area contributed by atoms with Crippen molar-refractivity contribution in [2.45, 2.75) is 0 Å². The normalized spacial score (nSPS) is 11.7. The summed E-state index contributed by atoms with van der Waals surface area (Å²) in [5, 5.41) is 11.5. The fraction of sp³-hybridized carbons (Fsp3) is 0. The van der Waals surface area contributed by atoms with Crippen LogP contribution in [-0.2, 0) is 0 Å². The van der Waals surface area contributed by atoms with Gasteiger partial charge < -0.3 is 29.9 Å². The van der Waals surface area contributed by atoms with E-state index in [4.69, 9.17) is 89.7 Å². The van der Waals surface area contributed by atoms with Crippen LogP contribution >= 0.6 is 71.9 Å². The van der Waals surface area contributed by atoms with Crippen LogP contribution in [0.5, 0.6) is 0 Å². The number of aromatic nitrogens is 24. The van der Waals surface area contributed by atoms with Gasteiger partial charge in [0, 0.05) is 131 Å². The van der Waals surface area contributed by atoms with Crippen LogP contribution in [-0.4, -0.2) is 120 Å². The number of H-pyrrole nitrogens is 6. The van der Waals surface area contributed by atoms with Gasteiger partial charge in [0.05, 0.1) is 0 Å². The summed E-state index contributed by atoms with van der Waals surface area (Å²) in [5.74, 6) is 7.17. The van der Waals surface area contributed by atoms with Crippen LogP contribution < -0.4 is 0 Å². The van der Waals surface area contributed by atoms with Crippen molar-refractivity contribution in [1.82, 2.24) is 120 Å². The van der Waals surface area contributed by atoms with Crippen molar-refractivity contribution >= 4 is 204 Å². The molecule has 6 N–H and O–H groups in total. The van der Waals surface area contributed by atoms with E-state index in [2.05, 4.69) is 29.9 Å². The number of rotatable bonds is 0. The Morgan fingerprint density at radius 3 is 0.276 bits per heavy atom. The van der Waals surface area contributed by atoms with E-state index < -0.39 is 0 Å². The number of nitrogens with zero attached hydrogens (tertiary/aromatic N) is 18. The third kappa shape index (κ3) is 12.3. The fourth-order valence-corrected chi connectivity index (χ4v) is 16.8. The molecule has 6 aliphatic rings. The Morgan fingerprint density at radius 1 is 0.106 bits per heavy atom. The first-order valence-electron chi connectivity index (χ1n) is 39.0. The highest BCUT2D eigenvalue weighted by Crippen LogP contribution is 2.43. The van der Waals surface area contributed by atoms with E-state index in [1.807, 2.05) is 291 Å². The maximum atomic E-state index is 5.02. The molecule has 0 amide bonds. The maximum Gasteiger partial charge on any atom is 0.164 e. The lowest BCUT2D eigenvalue weighted by Gasteiger charge is -1.96. The molecule has 0 unspecified atom stereocenters. The van der Waals surface area contributed by atoms with Gasteiger partial charge in [0.25, 0.3) is 0 Å². The minimum absolute atomic E-state index is 0. The molecule has 24 nitrogen and oxygen atoms in total. The van der Waals surface area contributed by atoms with Gasteiger partial charge in [-0.2, -0.15) is 0 Å². The van der Waals surface area contributed by atoms with E-state index >= 15 is 0 Å². The minimum atomic E-state index is 0. The fourth-order valence-electron chi connectivity index (χ4n) is 16.8. The zero-order valence-corrected chi connectivity index (χ0v) is 71.0. The zero-order valence-electron chi connectivity index (χ0n) is 64.0. The Morgan fingerprint density at radius 2 is 0.187 bits per heavy atom. The van der Waals surface area contributed by atoms with Crippen molar-refractivity contribution in [3.63, 3.8) is 0 Å². The molecular formula is C96H57I3N24. The predicted molar refractivity (Wildman–Crippen MR) is 514 cm³/mol. The first-order valence-corrected chi connectivity index (χ1v) is 39.0. The van der Waals surface area contributed by atoms with E-state index in [9.17, 15) is 0 Å². The molecule has 0 radical (unpaired) electrons. The number of benzene rings is 12. The van der Waals surface area contributed by atoms with Crippen molar-refractivity contribution < 1.29 is 0 Å². The van der Waals surface area contributed by atoms with Crippen molar-refractivity contribution in [2.24, 2.45) is 0 Å². The Bertz CT molecular complexity index is 6890. The molecule has 15 heterocycles. The third-order valence-electron chi connectivity index (χ3n) is 22.4. The highest BCUT2D eigenvalue weighted by molar-refractivity contribution is 14.0. The lowest BCUT2D eigenvalue weighted by Crippen LogP contribution is -1.83. The third-order valence-corrected chi connectivity index (χ3v) is 22.4. The monoisotopic (exact) mass is 1930 g/mol. The van der Waals surface area contributed by atoms with Crippen molar-refractivity contribution in [2.75, 3.05) is 0 Å². The number of fused-ring (bicyclic) bond motifs is 60. The molecule has 6 aliphatic heterocycles. The molecule has 12 aromatic carbocycles. The van der Waals surface area contributed by atoms with Gasteiger partial charge >= 0.3 is 0 Å². The molecule has 27 rings (SSSR count). The smallest absolute Gasteiger partial charge is 0.164 e. The van der Waals surface area contributed by atoms with Crippen LogP contribution in [0.15, 0.2) is 291 Å². The molecule has 582 valence electrons. The molecule has 27 heteroatoms. The highest BCUT2D eigenvalue weighted by Gasteiger charge is 2.28. The van der Waals surface area contributed by atoms with E-state index in [1.54, 1.807) is 0 Å². The van der Waals surface area contributed by atoms with Crippen LogP contribution in [0.4, 0.5) is 0 Å². The van der Waals surface area contributed by atoms with E-state index in [-0.39, 0.29) is 71.9 Å². The lowest BCUT2D eigenvalue weighted by atomic mass is 10.1. The quantitative estimate of drug-likeness (QED) is 0.0768. The summed E-state index contributed by atoms with van der Waals surface area (Å²) in [5.41, 5.74) is 19.3. The summed E-state index contributed by atoms with van der Waals surface area (Å²) in [6, 6.07) is 96.7. The average Bonchev–Trinajstić information content (AvgIpc) is 1.61. The van der Waals surface area contributed by atoms with Gasteiger partial charge in [0.1, 0.15) is 67.8 Å². The molecule has 0 saturated carbocycles. The van der Waals surface area contributed by atoms with Gasteiger partial charge in [-0.05, 0) is 0 Å². The van der Waals surface area contributed by atoms with Crippen molar-refractivity contribution in [1.29, 1.82) is 0 Å². The average molecular weight is 1930 g/mol. The summed E-state index contributed by atoms with van der Waals surface area (Å²) >= 11 is 0. The van der Waals surface area contributed by atoms with Gasteiger partial charge in [0.2, 0.25) is 0 Å². The SMILES string of the molecule is I.I.I.c1ccc2c(c1)-c1nc-2nc2[nH]c(nc3nc(nc4[nH]c(n1)c1ccccc41)-c1ccccc1-3)c1ccccc21.c1ccc2c(c1)-c1nc-2nc2[nH]c(nc3nc(nc4[nH]c(n1)c1ccccc41)-c1ccccc1-3)c1ccccc21.c1ccc2c(c1)-c1nc-2nc2[nH]c(nc3nc(nc4[nH]c(n1)c1ccccc41)-c1ccccc1-3)c1ccccc21. The van der Waals surface area contributed by atoms with Gasteiger partial charge in [-0.25, -0.2) is 89.7 Å². The Balaban J connectivity index is 0.000000109.